The second-order valence-corrected chi connectivity index (χ2v) is 7.18. The van der Waals surface area contributed by atoms with Crippen molar-refractivity contribution in [2.45, 2.75) is 13.3 Å². The topological polar surface area (TPSA) is 88.2 Å². The van der Waals surface area contributed by atoms with Crippen molar-refractivity contribution in [2.24, 2.45) is 0 Å². The molecule has 1 aliphatic rings. The molecule has 0 saturated heterocycles. The van der Waals surface area contributed by atoms with E-state index in [4.69, 9.17) is 0 Å². The molecule has 6 nitrogen and oxygen atoms in total. The van der Waals surface area contributed by atoms with Crippen LogP contribution in [0.2, 0.25) is 0 Å². The minimum atomic E-state index is -0.213. The van der Waals surface area contributed by atoms with Crippen LogP contribution < -0.4 is 10.6 Å². The summed E-state index contributed by atoms with van der Waals surface area (Å²) in [5, 5.41) is 5.88. The van der Waals surface area contributed by atoms with Crippen molar-refractivity contribution in [1.29, 1.82) is 0 Å². The Balaban J connectivity index is 1.74. The van der Waals surface area contributed by atoms with Gasteiger partial charge in [-0.2, -0.15) is 0 Å². The molecular weight excluding hydrogens is 350 g/mol. The van der Waals surface area contributed by atoms with E-state index in [2.05, 4.69) is 15.6 Å². The number of amides is 2. The first-order valence-electron chi connectivity index (χ1n) is 8.11. The molecule has 3 aromatic rings. The average Bonchev–Trinajstić information content (AvgIpc) is 2.93. The van der Waals surface area contributed by atoms with Crippen LogP contribution in [0.1, 0.15) is 22.8 Å². The van der Waals surface area contributed by atoms with Crippen LogP contribution in [0.15, 0.2) is 36.4 Å². The lowest BCUT2D eigenvalue weighted by Crippen LogP contribution is -2.26. The van der Waals surface area contributed by atoms with Gasteiger partial charge in [-0.05, 0) is 41.0 Å². The van der Waals surface area contributed by atoms with E-state index in [0.29, 0.717) is 10.7 Å². The maximum Gasteiger partial charge on any atom is 0.251 e. The number of benzene rings is 2. The molecule has 0 fully saturated rings. The first-order chi connectivity index (χ1) is 12.5. The van der Waals surface area contributed by atoms with Crippen LogP contribution in [-0.4, -0.2) is 29.1 Å². The van der Waals surface area contributed by atoms with Gasteiger partial charge in [-0.1, -0.05) is 23.5 Å². The number of carbonyl (C=O) groups excluding carboxylic acids is 3. The van der Waals surface area contributed by atoms with Crippen molar-refractivity contribution >= 4 is 44.3 Å². The fourth-order valence-corrected chi connectivity index (χ4v) is 3.95. The number of aromatic nitrogens is 1. The number of nitrogens with one attached hydrogen (secondary N) is 2. The summed E-state index contributed by atoms with van der Waals surface area (Å²) in [4.78, 5) is 39.5. The summed E-state index contributed by atoms with van der Waals surface area (Å²) in [5.41, 5.74) is 4.00. The molecule has 130 valence electrons. The van der Waals surface area contributed by atoms with Crippen molar-refractivity contribution < 1.29 is 14.4 Å². The summed E-state index contributed by atoms with van der Waals surface area (Å²) in [6, 6.07) is 11.4. The van der Waals surface area contributed by atoms with Crippen molar-refractivity contribution in [2.75, 3.05) is 11.9 Å². The molecule has 4 rings (SSSR count). The van der Waals surface area contributed by atoms with E-state index in [9.17, 15) is 14.4 Å². The Morgan fingerprint density at radius 1 is 1.15 bits per heavy atom. The van der Waals surface area contributed by atoms with Gasteiger partial charge in [0.2, 0.25) is 5.91 Å². The molecule has 0 aliphatic carbocycles. The highest BCUT2D eigenvalue weighted by Crippen LogP contribution is 2.31. The number of ketones is 1. The van der Waals surface area contributed by atoms with Gasteiger partial charge in [0.15, 0.2) is 10.9 Å². The van der Waals surface area contributed by atoms with Gasteiger partial charge in [0.05, 0.1) is 16.8 Å². The maximum absolute atomic E-state index is 12.1. The van der Waals surface area contributed by atoms with Gasteiger partial charge in [-0.3, -0.25) is 14.4 Å². The minimum Gasteiger partial charge on any atom is -0.345 e. The Labute approximate surface area is 153 Å². The van der Waals surface area contributed by atoms with E-state index in [1.54, 1.807) is 6.07 Å². The first kappa shape index (κ1) is 16.4. The van der Waals surface area contributed by atoms with Crippen LogP contribution in [0.4, 0.5) is 5.13 Å². The molecule has 2 amide bonds. The molecule has 1 aliphatic heterocycles. The molecule has 0 bridgehead atoms. The number of anilines is 1. The van der Waals surface area contributed by atoms with Gasteiger partial charge in [0.1, 0.15) is 0 Å². The zero-order chi connectivity index (χ0) is 18.3. The molecule has 0 atom stereocenters. The van der Waals surface area contributed by atoms with E-state index < -0.39 is 0 Å². The first-order valence-corrected chi connectivity index (χ1v) is 8.92. The third kappa shape index (κ3) is 3.09. The van der Waals surface area contributed by atoms with Gasteiger partial charge in [-0.25, -0.2) is 4.98 Å². The van der Waals surface area contributed by atoms with E-state index in [0.717, 1.165) is 26.9 Å². The van der Waals surface area contributed by atoms with Crippen LogP contribution in [0, 0.1) is 0 Å². The zero-order valence-electron chi connectivity index (χ0n) is 14.0. The predicted octanol–water partition coefficient (Wildman–Crippen LogP) is 2.78. The fraction of sp³-hybridized carbons (Fsp3) is 0.158. The number of thiazole rings is 1. The van der Waals surface area contributed by atoms with Crippen molar-refractivity contribution in [1.82, 2.24) is 10.3 Å². The number of Topliss-reactive ketones (excluding diaryl/α,β-unsaturated/α-hetero) is 1. The molecule has 0 saturated carbocycles. The summed E-state index contributed by atoms with van der Waals surface area (Å²) in [6.45, 7) is 1.52. The van der Waals surface area contributed by atoms with Crippen LogP contribution in [0.3, 0.4) is 0 Å². The largest absolute Gasteiger partial charge is 0.345 e. The monoisotopic (exact) mass is 365 g/mol. The highest BCUT2D eigenvalue weighted by atomic mass is 32.1. The van der Waals surface area contributed by atoms with Gasteiger partial charge in [0.25, 0.3) is 5.91 Å². The lowest BCUT2D eigenvalue weighted by molar-refractivity contribution is -0.117. The molecular formula is C19H15N3O3S. The Kier molecular flexibility index (Phi) is 4.00. The fourth-order valence-electron chi connectivity index (χ4n) is 3.00. The molecule has 26 heavy (non-hydrogen) atoms. The standard InChI is InChI=1S/C19H15N3O3S/c1-10(23)21-19-22-16-5-3-12(8-17(16)26-19)11-2-4-15-13(6-11)7-14(24)9-20-18(15)25/h2-6,8H,7,9H2,1H3,(H,20,25)(H,21,22,23). The average molecular weight is 365 g/mol. The molecule has 7 heteroatoms. The third-order valence-corrected chi connectivity index (χ3v) is 5.12. The highest BCUT2D eigenvalue weighted by Gasteiger charge is 2.20. The SMILES string of the molecule is CC(=O)Nc1nc2ccc(-c3ccc4c(c3)CC(=O)CNC4=O)cc2s1. The minimum absolute atomic E-state index is 0.00731. The number of hydrogen-bond acceptors (Lipinski definition) is 5. The lowest BCUT2D eigenvalue weighted by atomic mass is 9.96. The van der Waals surface area contributed by atoms with Crippen LogP contribution in [0.25, 0.3) is 21.3 Å². The maximum atomic E-state index is 12.1. The van der Waals surface area contributed by atoms with E-state index in [1.165, 1.54) is 18.3 Å². The summed E-state index contributed by atoms with van der Waals surface area (Å²) in [6.07, 6.45) is 0.247. The van der Waals surface area contributed by atoms with Crippen molar-refractivity contribution in [3.05, 3.63) is 47.5 Å². The Morgan fingerprint density at radius 2 is 1.92 bits per heavy atom. The van der Waals surface area contributed by atoms with E-state index in [-0.39, 0.29) is 30.6 Å². The lowest BCUT2D eigenvalue weighted by Gasteiger charge is -2.08. The molecule has 1 aromatic heterocycles. The second kappa shape index (κ2) is 6.34. The summed E-state index contributed by atoms with van der Waals surface area (Å²) < 4.78 is 0.954. The Hall–Kier alpha value is -3.06. The van der Waals surface area contributed by atoms with Gasteiger partial charge in [0, 0.05) is 18.9 Å². The quantitative estimate of drug-likeness (QED) is 0.731. The Morgan fingerprint density at radius 3 is 2.73 bits per heavy atom. The molecule has 2 aromatic carbocycles. The summed E-state index contributed by atoms with van der Waals surface area (Å²) in [7, 11) is 0. The summed E-state index contributed by atoms with van der Waals surface area (Å²) in [5.74, 6) is -0.375. The second-order valence-electron chi connectivity index (χ2n) is 6.15. The molecule has 0 unspecified atom stereocenters. The van der Waals surface area contributed by atoms with E-state index >= 15 is 0 Å². The summed E-state index contributed by atoms with van der Waals surface area (Å²) >= 11 is 1.41. The smallest absolute Gasteiger partial charge is 0.251 e. The number of fused-ring (bicyclic) bond motifs is 2. The van der Waals surface area contributed by atoms with Gasteiger partial charge in [-0.15, -0.1) is 0 Å². The van der Waals surface area contributed by atoms with Crippen molar-refractivity contribution in [3.8, 4) is 11.1 Å². The molecule has 2 heterocycles. The van der Waals surface area contributed by atoms with Crippen LogP contribution in [0.5, 0.6) is 0 Å². The molecule has 0 radical (unpaired) electrons. The van der Waals surface area contributed by atoms with Gasteiger partial charge < -0.3 is 10.6 Å². The number of carbonyl (C=O) groups is 3. The zero-order valence-corrected chi connectivity index (χ0v) is 14.8. The third-order valence-electron chi connectivity index (χ3n) is 4.19. The molecule has 2 N–H and O–H groups in total. The Bertz CT molecular complexity index is 1070. The number of rotatable bonds is 2. The van der Waals surface area contributed by atoms with E-state index in [1.807, 2.05) is 30.3 Å². The van der Waals surface area contributed by atoms with Gasteiger partial charge >= 0.3 is 0 Å². The highest BCUT2D eigenvalue weighted by molar-refractivity contribution is 7.22. The number of nitrogens with zero attached hydrogens (tertiary/aromatic N) is 1. The normalized spacial score (nSPS) is 13.9. The molecule has 0 spiro atoms. The van der Waals surface area contributed by atoms with Crippen LogP contribution in [-0.2, 0) is 16.0 Å². The van der Waals surface area contributed by atoms with Crippen molar-refractivity contribution in [3.63, 3.8) is 0 Å². The number of hydrogen-bond donors (Lipinski definition) is 2. The van der Waals surface area contributed by atoms with Crippen LogP contribution >= 0.6 is 11.3 Å². The predicted molar refractivity (Wildman–Crippen MR) is 100 cm³/mol.